The smallest absolute Gasteiger partial charge is 0.165 e. The van der Waals surface area contributed by atoms with Crippen LogP contribution in [0.2, 0.25) is 5.02 Å². The summed E-state index contributed by atoms with van der Waals surface area (Å²) in [5, 5.41) is 1.48. The highest BCUT2D eigenvalue weighted by Gasteiger charge is 2.08. The van der Waals surface area contributed by atoms with Gasteiger partial charge >= 0.3 is 0 Å². The summed E-state index contributed by atoms with van der Waals surface area (Å²) in [5.41, 5.74) is 2.60. The van der Waals surface area contributed by atoms with Crippen LogP contribution in [-0.2, 0) is 5.75 Å². The summed E-state index contributed by atoms with van der Waals surface area (Å²) in [7, 11) is 1.45. The van der Waals surface area contributed by atoms with Crippen molar-refractivity contribution in [1.82, 2.24) is 9.97 Å². The number of methoxy groups -OCH3 is 1. The lowest BCUT2D eigenvalue weighted by Gasteiger charge is -2.07. The van der Waals surface area contributed by atoms with E-state index >= 15 is 0 Å². The van der Waals surface area contributed by atoms with E-state index in [9.17, 15) is 4.39 Å². The van der Waals surface area contributed by atoms with Gasteiger partial charge in [0.25, 0.3) is 0 Å². The third kappa shape index (κ3) is 4.50. The first-order valence-electron chi connectivity index (χ1n) is 7.62. The molecule has 1 aromatic heterocycles. The highest BCUT2D eigenvalue weighted by atomic mass is 35.5. The van der Waals surface area contributed by atoms with Crippen LogP contribution in [0.3, 0.4) is 0 Å². The van der Waals surface area contributed by atoms with Crippen molar-refractivity contribution in [2.75, 3.05) is 7.11 Å². The van der Waals surface area contributed by atoms with Crippen LogP contribution in [-0.4, -0.2) is 17.1 Å². The molecule has 2 aromatic carbocycles. The van der Waals surface area contributed by atoms with Gasteiger partial charge in [-0.2, -0.15) is 0 Å². The molecule has 0 fully saturated rings. The molecule has 0 aliphatic rings. The molecule has 128 valence electrons. The van der Waals surface area contributed by atoms with Gasteiger partial charge in [-0.1, -0.05) is 29.8 Å². The van der Waals surface area contributed by atoms with E-state index in [1.807, 2.05) is 43.3 Å². The second-order valence-electron chi connectivity index (χ2n) is 5.44. The number of benzene rings is 2. The molecule has 0 radical (unpaired) electrons. The third-order valence-electron chi connectivity index (χ3n) is 3.52. The number of thioether (sulfide) groups is 1. The molecule has 6 heteroatoms. The van der Waals surface area contributed by atoms with Crippen LogP contribution in [0.1, 0.15) is 11.3 Å². The van der Waals surface area contributed by atoms with Crippen LogP contribution < -0.4 is 4.74 Å². The van der Waals surface area contributed by atoms with Gasteiger partial charge in [0.1, 0.15) is 5.03 Å². The summed E-state index contributed by atoms with van der Waals surface area (Å²) in [6.07, 6.45) is 0. The standard InChI is InChI=1S/C19H16ClFN2OS/c1-12-8-18(23-19(22-12)14-4-3-5-15(20)10-14)25-11-13-6-7-17(24-2)16(21)9-13/h3-10H,11H2,1-2H3. The Morgan fingerprint density at radius 2 is 1.96 bits per heavy atom. The number of hydrogen-bond donors (Lipinski definition) is 0. The van der Waals surface area contributed by atoms with E-state index in [1.165, 1.54) is 24.9 Å². The van der Waals surface area contributed by atoms with E-state index < -0.39 is 0 Å². The van der Waals surface area contributed by atoms with Gasteiger partial charge in [-0.25, -0.2) is 14.4 Å². The fraction of sp³-hybridized carbons (Fsp3) is 0.158. The fourth-order valence-electron chi connectivity index (χ4n) is 2.33. The largest absolute Gasteiger partial charge is 0.494 e. The lowest BCUT2D eigenvalue weighted by atomic mass is 10.2. The second kappa shape index (κ2) is 7.85. The van der Waals surface area contributed by atoms with E-state index in [0.29, 0.717) is 16.6 Å². The van der Waals surface area contributed by atoms with Gasteiger partial charge < -0.3 is 4.74 Å². The number of nitrogens with zero attached hydrogens (tertiary/aromatic N) is 2. The highest BCUT2D eigenvalue weighted by molar-refractivity contribution is 7.98. The first kappa shape index (κ1) is 17.7. The average Bonchev–Trinajstić information content (AvgIpc) is 2.59. The Hall–Kier alpha value is -2.11. The van der Waals surface area contributed by atoms with Crippen LogP contribution in [0, 0.1) is 12.7 Å². The summed E-state index contributed by atoms with van der Waals surface area (Å²) in [5.74, 6) is 1.12. The monoisotopic (exact) mass is 374 g/mol. The molecule has 3 nitrogen and oxygen atoms in total. The normalized spacial score (nSPS) is 10.7. The summed E-state index contributed by atoms with van der Waals surface area (Å²) in [6, 6.07) is 14.3. The van der Waals surface area contributed by atoms with Gasteiger partial charge in [-0.3, -0.25) is 0 Å². The molecule has 0 saturated carbocycles. The Bertz CT molecular complexity index is 904. The van der Waals surface area contributed by atoms with Gasteiger partial charge in [-0.05, 0) is 42.8 Å². The minimum absolute atomic E-state index is 0.245. The minimum atomic E-state index is -0.362. The topological polar surface area (TPSA) is 35.0 Å². The Morgan fingerprint density at radius 3 is 2.68 bits per heavy atom. The van der Waals surface area contributed by atoms with E-state index in [1.54, 1.807) is 6.07 Å². The minimum Gasteiger partial charge on any atom is -0.494 e. The quantitative estimate of drug-likeness (QED) is 0.433. The molecule has 3 aromatic rings. The maximum absolute atomic E-state index is 13.8. The number of rotatable bonds is 5. The van der Waals surface area contributed by atoms with Crippen molar-refractivity contribution < 1.29 is 9.13 Å². The van der Waals surface area contributed by atoms with Crippen molar-refractivity contribution in [3.8, 4) is 17.1 Å². The Kier molecular flexibility index (Phi) is 5.56. The van der Waals surface area contributed by atoms with Crippen LogP contribution in [0.25, 0.3) is 11.4 Å². The summed E-state index contributed by atoms with van der Waals surface area (Å²) in [6.45, 7) is 1.92. The van der Waals surface area contributed by atoms with Gasteiger partial charge in [0.15, 0.2) is 17.4 Å². The zero-order valence-corrected chi connectivity index (χ0v) is 15.4. The third-order valence-corrected chi connectivity index (χ3v) is 4.73. The molecule has 0 N–H and O–H groups in total. The van der Waals surface area contributed by atoms with Crippen LogP contribution in [0.5, 0.6) is 5.75 Å². The first-order chi connectivity index (χ1) is 12.0. The fourth-order valence-corrected chi connectivity index (χ4v) is 3.42. The van der Waals surface area contributed by atoms with Crippen LogP contribution in [0.4, 0.5) is 4.39 Å². The van der Waals surface area contributed by atoms with Crippen LogP contribution >= 0.6 is 23.4 Å². The SMILES string of the molecule is COc1ccc(CSc2cc(C)nc(-c3cccc(Cl)c3)n2)cc1F. The zero-order valence-electron chi connectivity index (χ0n) is 13.8. The maximum Gasteiger partial charge on any atom is 0.165 e. The van der Waals surface area contributed by atoms with Crippen molar-refractivity contribution >= 4 is 23.4 Å². The van der Waals surface area contributed by atoms with Crippen LogP contribution in [0.15, 0.2) is 53.6 Å². The summed E-state index contributed by atoms with van der Waals surface area (Å²) < 4.78 is 18.7. The average molecular weight is 375 g/mol. The van der Waals surface area contributed by atoms with Gasteiger partial charge in [0.05, 0.1) is 7.11 Å². The number of aryl methyl sites for hydroxylation is 1. The first-order valence-corrected chi connectivity index (χ1v) is 8.98. The molecular weight excluding hydrogens is 359 g/mol. The van der Waals surface area contributed by atoms with E-state index in [-0.39, 0.29) is 11.6 Å². The summed E-state index contributed by atoms with van der Waals surface area (Å²) in [4.78, 5) is 9.07. The molecule has 0 amide bonds. The number of halogens is 2. The van der Waals surface area contributed by atoms with Crippen molar-refractivity contribution in [3.05, 3.63) is 70.6 Å². The number of hydrogen-bond acceptors (Lipinski definition) is 4. The predicted molar refractivity (Wildman–Crippen MR) is 99.7 cm³/mol. The molecule has 0 unspecified atom stereocenters. The molecule has 0 spiro atoms. The molecule has 1 heterocycles. The number of ether oxygens (including phenoxy) is 1. The van der Waals surface area contributed by atoms with E-state index in [4.69, 9.17) is 16.3 Å². The van der Waals surface area contributed by atoms with E-state index in [0.717, 1.165) is 21.8 Å². The Morgan fingerprint density at radius 1 is 1.12 bits per heavy atom. The highest BCUT2D eigenvalue weighted by Crippen LogP contribution is 2.27. The molecule has 0 saturated heterocycles. The van der Waals surface area contributed by atoms with Crippen molar-refractivity contribution in [1.29, 1.82) is 0 Å². The van der Waals surface area contributed by atoms with E-state index in [2.05, 4.69) is 9.97 Å². The van der Waals surface area contributed by atoms with Gasteiger partial charge in [0.2, 0.25) is 0 Å². The second-order valence-corrected chi connectivity index (χ2v) is 6.87. The summed E-state index contributed by atoms with van der Waals surface area (Å²) >= 11 is 7.58. The Labute approximate surface area is 155 Å². The molecule has 0 aliphatic carbocycles. The van der Waals surface area contributed by atoms with Gasteiger partial charge in [-0.15, -0.1) is 11.8 Å². The molecule has 0 atom stereocenters. The lowest BCUT2D eigenvalue weighted by molar-refractivity contribution is 0.386. The molecule has 25 heavy (non-hydrogen) atoms. The number of aromatic nitrogens is 2. The lowest BCUT2D eigenvalue weighted by Crippen LogP contribution is -1.95. The molecule has 0 bridgehead atoms. The maximum atomic E-state index is 13.8. The van der Waals surface area contributed by atoms with Crippen molar-refractivity contribution in [2.45, 2.75) is 17.7 Å². The molecule has 0 aliphatic heterocycles. The Balaban J connectivity index is 1.80. The molecular formula is C19H16ClFN2OS. The zero-order chi connectivity index (χ0) is 17.8. The molecule has 3 rings (SSSR count). The van der Waals surface area contributed by atoms with Crippen molar-refractivity contribution in [3.63, 3.8) is 0 Å². The van der Waals surface area contributed by atoms with Crippen molar-refractivity contribution in [2.24, 2.45) is 0 Å². The van der Waals surface area contributed by atoms with Gasteiger partial charge in [0, 0.05) is 22.0 Å². The predicted octanol–water partition coefficient (Wildman–Crippen LogP) is 5.55.